The maximum Gasteiger partial charge on any atom is 0.270 e. The first kappa shape index (κ1) is 12.1. The summed E-state index contributed by atoms with van der Waals surface area (Å²) in [4.78, 5) is 10.1. The van der Waals surface area contributed by atoms with Gasteiger partial charge in [-0.2, -0.15) is 11.8 Å². The van der Waals surface area contributed by atoms with Gasteiger partial charge in [0.15, 0.2) is 6.17 Å². The molecule has 1 unspecified atom stereocenters. The average Bonchev–Trinajstić information content (AvgIpc) is 1.97. The van der Waals surface area contributed by atoms with Crippen LogP contribution in [-0.4, -0.2) is 29.3 Å². The Bertz CT molecular complexity index is 145. The van der Waals surface area contributed by atoms with Crippen LogP contribution in [0.3, 0.4) is 0 Å². The number of rotatable bonds is 6. The molecule has 12 heavy (non-hydrogen) atoms. The first-order chi connectivity index (χ1) is 5.54. The molecule has 0 aromatic carbocycles. The van der Waals surface area contributed by atoms with Crippen molar-refractivity contribution >= 4 is 28.6 Å². The van der Waals surface area contributed by atoms with Crippen molar-refractivity contribution in [1.82, 2.24) is 0 Å². The largest absolute Gasteiger partial charge is 0.281 e. The number of hydrogen-bond donors (Lipinski definition) is 0. The summed E-state index contributed by atoms with van der Waals surface area (Å²) in [6, 6.07) is 0. The second kappa shape index (κ2) is 6.60. The van der Waals surface area contributed by atoms with E-state index >= 15 is 0 Å². The Morgan fingerprint density at radius 3 is 2.42 bits per heavy atom. The number of halogens is 4. The van der Waals surface area contributed by atoms with Gasteiger partial charge < -0.3 is 0 Å². The van der Waals surface area contributed by atoms with E-state index in [4.69, 9.17) is 11.6 Å². The Morgan fingerprint density at radius 2 is 2.00 bits per heavy atom. The second-order valence-electron chi connectivity index (χ2n) is 2.03. The Morgan fingerprint density at radius 1 is 1.42 bits per heavy atom. The number of alkyl halides is 3. The molecule has 0 aliphatic carbocycles. The minimum atomic E-state index is -2.94. The number of carbonyl (C=O) groups is 1. The molecule has 0 aromatic rings. The van der Waals surface area contributed by atoms with Gasteiger partial charge in [-0.15, -0.1) is 0 Å². The van der Waals surface area contributed by atoms with E-state index in [0.29, 0.717) is 0 Å². The Kier molecular flexibility index (Phi) is 6.65. The number of hydrogen-bond acceptors (Lipinski definition) is 2. The third-order valence-electron chi connectivity index (χ3n) is 0.993. The topological polar surface area (TPSA) is 17.1 Å². The zero-order valence-corrected chi connectivity index (χ0v) is 7.68. The van der Waals surface area contributed by atoms with Crippen molar-refractivity contribution in [3.05, 3.63) is 0 Å². The highest BCUT2D eigenvalue weighted by Crippen LogP contribution is 2.13. The van der Waals surface area contributed by atoms with E-state index in [1.807, 2.05) is 0 Å². The highest BCUT2D eigenvalue weighted by molar-refractivity contribution is 7.99. The zero-order chi connectivity index (χ0) is 9.56. The van der Waals surface area contributed by atoms with Crippen LogP contribution in [0.5, 0.6) is 0 Å². The molecule has 0 amide bonds. The molecule has 0 saturated carbocycles. The monoisotopic (exact) mass is 220 g/mol. The molecule has 0 rings (SSSR count). The average molecular weight is 221 g/mol. The van der Waals surface area contributed by atoms with Crippen molar-refractivity contribution in [3.8, 4) is 0 Å². The van der Waals surface area contributed by atoms with E-state index in [-0.39, 0.29) is 17.9 Å². The van der Waals surface area contributed by atoms with Crippen LogP contribution in [0.25, 0.3) is 0 Å². The van der Waals surface area contributed by atoms with Gasteiger partial charge in [-0.05, 0) is 11.6 Å². The predicted octanol–water partition coefficient (Wildman–Crippen LogP) is 2.48. The summed E-state index contributed by atoms with van der Waals surface area (Å²) in [5.41, 5.74) is 0. The van der Waals surface area contributed by atoms with Crippen LogP contribution < -0.4 is 0 Å². The smallest absolute Gasteiger partial charge is 0.270 e. The Balaban J connectivity index is 3.25. The number of carbonyl (C=O) groups excluding carboxylic acids is 1. The number of thioether (sulfide) groups is 1. The van der Waals surface area contributed by atoms with Gasteiger partial charge in [0.25, 0.3) is 6.43 Å². The van der Waals surface area contributed by atoms with Crippen molar-refractivity contribution in [1.29, 1.82) is 0 Å². The third-order valence-corrected chi connectivity index (χ3v) is 2.23. The summed E-state index contributed by atoms with van der Waals surface area (Å²) in [6.45, 7) is 0. The molecule has 0 radical (unpaired) electrons. The van der Waals surface area contributed by atoms with E-state index < -0.39 is 17.8 Å². The van der Waals surface area contributed by atoms with Gasteiger partial charge in [-0.3, -0.25) is 4.79 Å². The Labute approximate surface area is 77.6 Å². The van der Waals surface area contributed by atoms with Crippen LogP contribution in [0.2, 0.25) is 0 Å². The molecule has 0 bridgehead atoms. The quantitative estimate of drug-likeness (QED) is 0.505. The molecule has 6 heteroatoms. The van der Waals surface area contributed by atoms with Gasteiger partial charge in [0.05, 0.1) is 0 Å². The van der Waals surface area contributed by atoms with Crippen LogP contribution in [-0.2, 0) is 4.79 Å². The first-order valence-electron chi connectivity index (χ1n) is 3.22. The van der Waals surface area contributed by atoms with E-state index in [2.05, 4.69) is 0 Å². The second-order valence-corrected chi connectivity index (χ2v) is 3.60. The lowest BCUT2D eigenvalue weighted by molar-refractivity contribution is -0.111. The molecular formula is C6H8ClF3OS. The SMILES string of the molecule is O=C(Cl)CCSCC(F)C(F)F. The van der Waals surface area contributed by atoms with Gasteiger partial charge in [0.2, 0.25) is 5.24 Å². The summed E-state index contributed by atoms with van der Waals surface area (Å²) in [7, 11) is 0. The molecule has 0 saturated heterocycles. The summed E-state index contributed by atoms with van der Waals surface area (Å²) in [6.07, 6.45) is -4.97. The summed E-state index contributed by atoms with van der Waals surface area (Å²) < 4.78 is 35.2. The van der Waals surface area contributed by atoms with Crippen molar-refractivity contribution in [3.63, 3.8) is 0 Å². The van der Waals surface area contributed by atoms with Gasteiger partial charge >= 0.3 is 0 Å². The molecule has 0 fully saturated rings. The lowest BCUT2D eigenvalue weighted by Crippen LogP contribution is -2.15. The van der Waals surface area contributed by atoms with E-state index in [9.17, 15) is 18.0 Å². The van der Waals surface area contributed by atoms with Crippen LogP contribution in [0.15, 0.2) is 0 Å². The minimum absolute atomic E-state index is 0.0855. The minimum Gasteiger partial charge on any atom is -0.281 e. The fourth-order valence-corrected chi connectivity index (χ4v) is 1.49. The Hall–Kier alpha value is 0.1000. The molecule has 0 N–H and O–H groups in total. The molecule has 72 valence electrons. The molecule has 0 spiro atoms. The zero-order valence-electron chi connectivity index (χ0n) is 6.10. The highest BCUT2D eigenvalue weighted by Gasteiger charge is 2.18. The summed E-state index contributed by atoms with van der Waals surface area (Å²) in [5.74, 6) is -0.00267. The van der Waals surface area contributed by atoms with Gasteiger partial charge in [0.1, 0.15) is 0 Å². The first-order valence-corrected chi connectivity index (χ1v) is 4.75. The molecule has 1 atom stereocenters. The fourth-order valence-electron chi connectivity index (χ4n) is 0.421. The van der Waals surface area contributed by atoms with Gasteiger partial charge in [-0.1, -0.05) is 0 Å². The van der Waals surface area contributed by atoms with E-state index in [1.165, 1.54) is 0 Å². The summed E-state index contributed by atoms with van der Waals surface area (Å²) in [5, 5.41) is -0.532. The standard InChI is InChI=1S/C6H8ClF3OS/c7-5(11)1-2-12-3-4(8)6(9)10/h4,6H,1-3H2. The van der Waals surface area contributed by atoms with Crippen molar-refractivity contribution in [2.45, 2.75) is 19.0 Å². The molecular weight excluding hydrogens is 213 g/mol. The van der Waals surface area contributed by atoms with E-state index in [0.717, 1.165) is 11.8 Å². The maximum atomic E-state index is 12.2. The lowest BCUT2D eigenvalue weighted by Gasteiger charge is -2.04. The van der Waals surface area contributed by atoms with Crippen LogP contribution in [0.4, 0.5) is 13.2 Å². The predicted molar refractivity (Wildman–Crippen MR) is 43.7 cm³/mol. The maximum absolute atomic E-state index is 12.2. The van der Waals surface area contributed by atoms with Gasteiger partial charge in [-0.25, -0.2) is 13.2 Å². The molecule has 0 heterocycles. The van der Waals surface area contributed by atoms with Gasteiger partial charge in [0, 0.05) is 17.9 Å². The third kappa shape index (κ3) is 6.79. The lowest BCUT2D eigenvalue weighted by atomic mass is 10.5. The summed E-state index contributed by atoms with van der Waals surface area (Å²) >= 11 is 5.92. The molecule has 0 aromatic heterocycles. The van der Waals surface area contributed by atoms with Crippen LogP contribution >= 0.6 is 23.4 Å². The van der Waals surface area contributed by atoms with Crippen molar-refractivity contribution in [2.75, 3.05) is 11.5 Å². The van der Waals surface area contributed by atoms with Crippen LogP contribution in [0.1, 0.15) is 6.42 Å². The fraction of sp³-hybridized carbons (Fsp3) is 0.833. The normalized spacial score (nSPS) is 13.4. The molecule has 0 aliphatic heterocycles. The van der Waals surface area contributed by atoms with Crippen molar-refractivity contribution < 1.29 is 18.0 Å². The van der Waals surface area contributed by atoms with E-state index in [1.54, 1.807) is 0 Å². The van der Waals surface area contributed by atoms with Crippen LogP contribution in [0, 0.1) is 0 Å². The van der Waals surface area contributed by atoms with Crippen molar-refractivity contribution in [2.24, 2.45) is 0 Å². The molecule has 0 aliphatic rings. The highest BCUT2D eigenvalue weighted by atomic mass is 35.5. The molecule has 1 nitrogen and oxygen atoms in total.